The minimum absolute atomic E-state index is 0.218. The van der Waals surface area contributed by atoms with Crippen molar-refractivity contribution in [1.29, 1.82) is 5.41 Å². The first-order valence-corrected chi connectivity index (χ1v) is 11.7. The first kappa shape index (κ1) is 23.8. The highest BCUT2D eigenvalue weighted by Gasteiger charge is 2.48. The van der Waals surface area contributed by atoms with Gasteiger partial charge in [0.25, 0.3) is 11.5 Å². The van der Waals surface area contributed by atoms with E-state index in [0.717, 1.165) is 0 Å². The summed E-state index contributed by atoms with van der Waals surface area (Å²) in [6.07, 6.45) is 1.31. The van der Waals surface area contributed by atoms with Crippen LogP contribution in [0.1, 0.15) is 48.2 Å². The standard InChI is InChI=1S/C27H25F3N4O2/c1-4-14(3)23(17-11-27(29,30)12-17)34-22-9-16-13-33(21-7-6-18(28)8-15(21)5-2)26(36)19(16)10-20(22)32-25(35)24(34)31/h4,6-10,17,31H,1,5,11-13H2,2-3H3,(H,32,35)/b23-14-,31-24?. The van der Waals surface area contributed by atoms with Crippen molar-refractivity contribution >= 4 is 28.3 Å². The number of nitrogens with one attached hydrogen (secondary N) is 2. The van der Waals surface area contributed by atoms with E-state index in [9.17, 15) is 22.8 Å². The van der Waals surface area contributed by atoms with Gasteiger partial charge in [-0.2, -0.15) is 0 Å². The van der Waals surface area contributed by atoms with E-state index >= 15 is 0 Å². The number of aromatic amines is 1. The quantitative estimate of drug-likeness (QED) is 0.482. The van der Waals surface area contributed by atoms with Gasteiger partial charge in [0.2, 0.25) is 5.92 Å². The van der Waals surface area contributed by atoms with Crippen LogP contribution in [0.5, 0.6) is 0 Å². The van der Waals surface area contributed by atoms with Crippen LogP contribution in [0.25, 0.3) is 16.7 Å². The third-order valence-corrected chi connectivity index (χ3v) is 7.09. The number of hydrogen-bond donors (Lipinski definition) is 2. The Morgan fingerprint density at radius 3 is 2.61 bits per heavy atom. The summed E-state index contributed by atoms with van der Waals surface area (Å²) in [6, 6.07) is 7.58. The molecule has 1 saturated carbocycles. The van der Waals surface area contributed by atoms with Crippen molar-refractivity contribution in [3.63, 3.8) is 0 Å². The summed E-state index contributed by atoms with van der Waals surface area (Å²) in [5.74, 6) is -4.01. The first-order valence-electron chi connectivity index (χ1n) is 11.7. The Balaban J connectivity index is 1.69. The van der Waals surface area contributed by atoms with Gasteiger partial charge in [0.15, 0.2) is 5.49 Å². The van der Waals surface area contributed by atoms with Crippen molar-refractivity contribution in [2.75, 3.05) is 4.90 Å². The van der Waals surface area contributed by atoms with Gasteiger partial charge in [0, 0.05) is 35.7 Å². The number of halogens is 3. The maximum absolute atomic E-state index is 13.8. The number of amides is 1. The van der Waals surface area contributed by atoms with Gasteiger partial charge in [-0.3, -0.25) is 19.6 Å². The van der Waals surface area contributed by atoms with Gasteiger partial charge < -0.3 is 9.88 Å². The van der Waals surface area contributed by atoms with Crippen LogP contribution < -0.4 is 15.9 Å². The molecule has 1 fully saturated rings. The number of benzene rings is 2. The molecule has 0 atom stereocenters. The summed E-state index contributed by atoms with van der Waals surface area (Å²) in [4.78, 5) is 30.3. The molecule has 9 heteroatoms. The summed E-state index contributed by atoms with van der Waals surface area (Å²) in [5, 5.41) is 8.50. The molecule has 186 valence electrons. The van der Waals surface area contributed by atoms with E-state index in [1.54, 1.807) is 30.0 Å². The van der Waals surface area contributed by atoms with Crippen LogP contribution in [0.2, 0.25) is 0 Å². The molecule has 1 aliphatic carbocycles. The van der Waals surface area contributed by atoms with Crippen LogP contribution in [0.3, 0.4) is 0 Å². The molecule has 0 bridgehead atoms. The Morgan fingerprint density at radius 1 is 1.25 bits per heavy atom. The lowest BCUT2D eigenvalue weighted by atomic mass is 9.77. The summed E-state index contributed by atoms with van der Waals surface area (Å²) in [7, 11) is 0. The maximum atomic E-state index is 13.8. The van der Waals surface area contributed by atoms with Crippen LogP contribution in [0.15, 0.2) is 53.4 Å². The lowest BCUT2D eigenvalue weighted by Gasteiger charge is -2.38. The molecule has 3 aromatic rings. The molecule has 2 N–H and O–H groups in total. The maximum Gasteiger partial charge on any atom is 0.291 e. The lowest BCUT2D eigenvalue weighted by molar-refractivity contribution is -0.0947. The molecule has 1 amide bonds. The van der Waals surface area contributed by atoms with Crippen LogP contribution in [0.4, 0.5) is 18.9 Å². The topological polar surface area (TPSA) is 81.9 Å². The average Bonchev–Trinajstić information content (AvgIpc) is 3.14. The molecule has 0 radical (unpaired) electrons. The molecule has 6 nitrogen and oxygen atoms in total. The number of allylic oxidation sites excluding steroid dienone is 3. The number of aryl methyl sites for hydroxylation is 1. The Labute approximate surface area is 204 Å². The molecular weight excluding hydrogens is 469 g/mol. The largest absolute Gasteiger partial charge is 0.317 e. The zero-order chi connectivity index (χ0) is 25.9. The Morgan fingerprint density at radius 2 is 1.97 bits per heavy atom. The normalized spacial score (nSPS) is 17.7. The van der Waals surface area contributed by atoms with Crippen molar-refractivity contribution in [1.82, 2.24) is 9.55 Å². The SMILES string of the molecule is C=C/C(C)=C(/C1CC(F)(F)C1)n1c(=N)c(=O)[nH]c2cc3c(cc21)CN(c1ccc(F)cc1CC)C3=O. The van der Waals surface area contributed by atoms with Crippen molar-refractivity contribution < 1.29 is 18.0 Å². The second kappa shape index (κ2) is 8.36. The molecule has 5 rings (SSSR count). The first-order chi connectivity index (χ1) is 17.0. The number of H-pyrrole nitrogens is 1. The van der Waals surface area contributed by atoms with E-state index in [4.69, 9.17) is 5.41 Å². The van der Waals surface area contributed by atoms with Crippen molar-refractivity contribution in [2.45, 2.75) is 45.6 Å². The molecule has 1 aliphatic heterocycles. The lowest BCUT2D eigenvalue weighted by Crippen LogP contribution is -2.42. The Hall–Kier alpha value is -3.88. The van der Waals surface area contributed by atoms with Crippen molar-refractivity contribution in [2.24, 2.45) is 5.92 Å². The minimum Gasteiger partial charge on any atom is -0.317 e. The van der Waals surface area contributed by atoms with Crippen LogP contribution in [-0.2, 0) is 13.0 Å². The van der Waals surface area contributed by atoms with Gasteiger partial charge in [-0.15, -0.1) is 0 Å². The fourth-order valence-electron chi connectivity index (χ4n) is 5.22. The van der Waals surface area contributed by atoms with Gasteiger partial charge in [-0.05, 0) is 60.4 Å². The molecule has 2 aromatic carbocycles. The highest BCUT2D eigenvalue weighted by molar-refractivity contribution is 6.12. The van der Waals surface area contributed by atoms with E-state index in [0.29, 0.717) is 51.1 Å². The molecular formula is C27H25F3N4O2. The summed E-state index contributed by atoms with van der Waals surface area (Å²) < 4.78 is 42.8. The number of aromatic nitrogens is 2. The smallest absolute Gasteiger partial charge is 0.291 e. The molecule has 2 heterocycles. The van der Waals surface area contributed by atoms with E-state index in [-0.39, 0.29) is 36.6 Å². The minimum atomic E-state index is -2.79. The van der Waals surface area contributed by atoms with Crippen molar-refractivity contribution in [3.05, 3.63) is 86.9 Å². The predicted octanol–water partition coefficient (Wildman–Crippen LogP) is 5.13. The molecule has 36 heavy (non-hydrogen) atoms. The third kappa shape index (κ3) is 3.70. The number of nitrogens with zero attached hydrogens (tertiary/aromatic N) is 2. The van der Waals surface area contributed by atoms with E-state index < -0.39 is 17.4 Å². The van der Waals surface area contributed by atoms with Crippen LogP contribution >= 0.6 is 0 Å². The number of carbonyl (C=O) groups excluding carboxylic acids is 1. The zero-order valence-electron chi connectivity index (χ0n) is 19.9. The molecule has 2 aliphatic rings. The zero-order valence-corrected chi connectivity index (χ0v) is 19.9. The molecule has 0 unspecified atom stereocenters. The number of alkyl halides is 2. The van der Waals surface area contributed by atoms with Crippen LogP contribution in [0, 0.1) is 17.1 Å². The van der Waals surface area contributed by atoms with Gasteiger partial charge >= 0.3 is 0 Å². The highest BCUT2D eigenvalue weighted by Crippen LogP contribution is 2.48. The fourth-order valence-corrected chi connectivity index (χ4v) is 5.22. The third-order valence-electron chi connectivity index (χ3n) is 7.09. The van der Waals surface area contributed by atoms with Gasteiger partial charge in [0.05, 0.1) is 17.6 Å². The highest BCUT2D eigenvalue weighted by atomic mass is 19.3. The molecule has 0 spiro atoms. The number of anilines is 1. The summed E-state index contributed by atoms with van der Waals surface area (Å²) >= 11 is 0. The molecule has 0 saturated heterocycles. The van der Waals surface area contributed by atoms with Crippen LogP contribution in [-0.4, -0.2) is 21.4 Å². The van der Waals surface area contributed by atoms with Gasteiger partial charge in [-0.1, -0.05) is 19.6 Å². The van der Waals surface area contributed by atoms with E-state index in [2.05, 4.69) is 11.6 Å². The number of carbonyl (C=O) groups is 1. The summed E-state index contributed by atoms with van der Waals surface area (Å²) in [6.45, 7) is 7.58. The Bertz CT molecular complexity index is 1590. The number of rotatable bonds is 5. The Kier molecular flexibility index (Phi) is 5.54. The predicted molar refractivity (Wildman–Crippen MR) is 131 cm³/mol. The summed E-state index contributed by atoms with van der Waals surface area (Å²) in [5.41, 5.74) is 3.04. The second-order valence-corrected chi connectivity index (χ2v) is 9.42. The van der Waals surface area contributed by atoms with E-state index in [1.165, 1.54) is 22.8 Å². The van der Waals surface area contributed by atoms with Crippen molar-refractivity contribution in [3.8, 4) is 0 Å². The van der Waals surface area contributed by atoms with Gasteiger partial charge in [-0.25, -0.2) is 13.2 Å². The number of fused-ring (bicyclic) bond motifs is 2. The fraction of sp³-hybridized carbons (Fsp3) is 0.296. The monoisotopic (exact) mass is 494 g/mol. The van der Waals surface area contributed by atoms with Gasteiger partial charge in [0.1, 0.15) is 5.82 Å². The number of hydrogen-bond acceptors (Lipinski definition) is 3. The molecule has 1 aromatic heterocycles. The van der Waals surface area contributed by atoms with E-state index in [1.807, 2.05) is 6.92 Å². The average molecular weight is 495 g/mol. The second-order valence-electron chi connectivity index (χ2n) is 9.42.